The van der Waals surface area contributed by atoms with E-state index in [9.17, 15) is 10.1 Å². The van der Waals surface area contributed by atoms with Gasteiger partial charge in [0.05, 0.1) is 12.1 Å². The van der Waals surface area contributed by atoms with Crippen LogP contribution in [0.4, 0.5) is 0 Å². The number of piperazine rings is 1. The third-order valence-electron chi connectivity index (χ3n) is 4.08. The van der Waals surface area contributed by atoms with Gasteiger partial charge in [0.15, 0.2) is 0 Å². The molecule has 4 heteroatoms. The Morgan fingerprint density at radius 3 is 2.71 bits per heavy atom. The van der Waals surface area contributed by atoms with E-state index >= 15 is 0 Å². The van der Waals surface area contributed by atoms with Crippen LogP contribution in [0.2, 0.25) is 0 Å². The number of carbonyl (C=O) groups is 1. The molecule has 21 heavy (non-hydrogen) atoms. The van der Waals surface area contributed by atoms with Crippen molar-refractivity contribution in [2.45, 2.75) is 25.8 Å². The third kappa shape index (κ3) is 3.62. The molecule has 0 aliphatic carbocycles. The molecule has 0 aromatic heterocycles. The molecule has 1 saturated heterocycles. The molecule has 112 valence electrons. The first-order chi connectivity index (χ1) is 10.2. The lowest BCUT2D eigenvalue weighted by Gasteiger charge is -2.41. The van der Waals surface area contributed by atoms with Gasteiger partial charge in [-0.3, -0.25) is 4.79 Å². The zero-order valence-corrected chi connectivity index (χ0v) is 12.8. The summed E-state index contributed by atoms with van der Waals surface area (Å²) in [5.74, 6) is -0.522. The number of likely N-dealkylation sites (N-methyl/N-ethyl adjacent to an activating group) is 1. The molecule has 2 rings (SSSR count). The van der Waals surface area contributed by atoms with Crippen LogP contribution in [-0.2, 0) is 4.79 Å². The molecule has 2 atom stereocenters. The zero-order chi connectivity index (χ0) is 15.2. The fourth-order valence-corrected chi connectivity index (χ4v) is 2.88. The summed E-state index contributed by atoms with van der Waals surface area (Å²) in [5, 5.41) is 9.26. The highest BCUT2D eigenvalue weighted by molar-refractivity contribution is 5.81. The molecule has 0 saturated carbocycles. The normalized spacial score (nSPS) is 20.8. The minimum Gasteiger partial charge on any atom is -0.332 e. The molecular weight excluding hydrogens is 262 g/mol. The summed E-state index contributed by atoms with van der Waals surface area (Å²) < 4.78 is 0. The van der Waals surface area contributed by atoms with Crippen LogP contribution in [0.15, 0.2) is 30.3 Å². The molecule has 1 aliphatic rings. The Labute approximate surface area is 127 Å². The molecule has 1 heterocycles. The van der Waals surface area contributed by atoms with Gasteiger partial charge < -0.3 is 9.80 Å². The summed E-state index contributed by atoms with van der Waals surface area (Å²) in [6, 6.07) is 12.3. The first kappa shape index (κ1) is 15.5. The second-order valence-corrected chi connectivity index (χ2v) is 5.69. The van der Waals surface area contributed by atoms with E-state index in [1.807, 2.05) is 30.0 Å². The maximum absolute atomic E-state index is 12.7. The van der Waals surface area contributed by atoms with Crippen LogP contribution in [0.25, 0.3) is 0 Å². The van der Waals surface area contributed by atoms with Gasteiger partial charge in [-0.25, -0.2) is 0 Å². The first-order valence-corrected chi connectivity index (χ1v) is 7.61. The van der Waals surface area contributed by atoms with Crippen molar-refractivity contribution in [1.82, 2.24) is 9.80 Å². The van der Waals surface area contributed by atoms with E-state index in [0.29, 0.717) is 13.0 Å². The van der Waals surface area contributed by atoms with Gasteiger partial charge >= 0.3 is 0 Å². The first-order valence-electron chi connectivity index (χ1n) is 7.61. The van der Waals surface area contributed by atoms with Gasteiger partial charge in [-0.1, -0.05) is 43.7 Å². The molecule has 0 N–H and O–H groups in total. The molecule has 1 amide bonds. The summed E-state index contributed by atoms with van der Waals surface area (Å²) in [7, 11) is 2.07. The predicted octanol–water partition coefficient (Wildman–Crippen LogP) is 2.44. The summed E-state index contributed by atoms with van der Waals surface area (Å²) in [6.07, 6.45) is 1.50. The van der Waals surface area contributed by atoms with Crippen molar-refractivity contribution in [3.8, 4) is 6.07 Å². The number of nitriles is 1. The molecule has 1 aliphatic heterocycles. The van der Waals surface area contributed by atoms with E-state index in [2.05, 4.69) is 30.1 Å². The van der Waals surface area contributed by atoms with Crippen molar-refractivity contribution < 1.29 is 4.79 Å². The van der Waals surface area contributed by atoms with Gasteiger partial charge in [-0.05, 0) is 19.0 Å². The van der Waals surface area contributed by atoms with Crippen LogP contribution in [0.5, 0.6) is 0 Å². The Morgan fingerprint density at radius 1 is 1.38 bits per heavy atom. The SMILES string of the molecule is CCCC(C#N)C(=O)N1CCN(C)CC1c1ccccc1. The lowest BCUT2D eigenvalue weighted by molar-refractivity contribution is -0.139. The summed E-state index contributed by atoms with van der Waals surface area (Å²) in [5.41, 5.74) is 1.14. The van der Waals surface area contributed by atoms with Crippen LogP contribution in [0.3, 0.4) is 0 Å². The number of hydrogen-bond acceptors (Lipinski definition) is 3. The highest BCUT2D eigenvalue weighted by Crippen LogP contribution is 2.27. The standard InChI is InChI=1S/C17H23N3O/c1-3-7-15(12-18)17(21)20-11-10-19(2)13-16(20)14-8-5-4-6-9-14/h4-6,8-9,15-16H,3,7,10-11,13H2,1-2H3. The third-order valence-corrected chi connectivity index (χ3v) is 4.08. The lowest BCUT2D eigenvalue weighted by Crippen LogP contribution is -2.50. The van der Waals surface area contributed by atoms with Gasteiger partial charge in [-0.2, -0.15) is 5.26 Å². The Hall–Kier alpha value is -1.86. The maximum Gasteiger partial charge on any atom is 0.240 e. The molecular formula is C17H23N3O. The molecule has 1 aromatic rings. The van der Waals surface area contributed by atoms with Crippen LogP contribution in [-0.4, -0.2) is 42.4 Å². The van der Waals surface area contributed by atoms with E-state index in [1.54, 1.807) is 0 Å². The van der Waals surface area contributed by atoms with Crippen LogP contribution < -0.4 is 0 Å². The van der Waals surface area contributed by atoms with Crippen molar-refractivity contribution in [2.24, 2.45) is 5.92 Å². The van der Waals surface area contributed by atoms with Crippen LogP contribution in [0, 0.1) is 17.2 Å². The quantitative estimate of drug-likeness (QED) is 0.853. The van der Waals surface area contributed by atoms with Crippen molar-refractivity contribution in [3.05, 3.63) is 35.9 Å². The van der Waals surface area contributed by atoms with Gasteiger partial charge in [0, 0.05) is 19.6 Å². The number of carbonyl (C=O) groups excluding carboxylic acids is 1. The van der Waals surface area contributed by atoms with E-state index in [1.165, 1.54) is 0 Å². The largest absolute Gasteiger partial charge is 0.332 e. The van der Waals surface area contributed by atoms with Crippen LogP contribution in [0.1, 0.15) is 31.4 Å². The van der Waals surface area contributed by atoms with Gasteiger partial charge in [0.2, 0.25) is 5.91 Å². The van der Waals surface area contributed by atoms with E-state index in [4.69, 9.17) is 0 Å². The lowest BCUT2D eigenvalue weighted by atomic mass is 9.98. The second-order valence-electron chi connectivity index (χ2n) is 5.69. The summed E-state index contributed by atoms with van der Waals surface area (Å²) >= 11 is 0. The van der Waals surface area contributed by atoms with E-state index < -0.39 is 5.92 Å². The average molecular weight is 285 g/mol. The van der Waals surface area contributed by atoms with Gasteiger partial charge in [0.1, 0.15) is 5.92 Å². The highest BCUT2D eigenvalue weighted by atomic mass is 16.2. The molecule has 0 spiro atoms. The maximum atomic E-state index is 12.7. The highest BCUT2D eigenvalue weighted by Gasteiger charge is 2.33. The van der Waals surface area contributed by atoms with E-state index in [0.717, 1.165) is 25.1 Å². The minimum absolute atomic E-state index is 0.0127. The number of nitrogens with zero attached hydrogens (tertiary/aromatic N) is 3. The smallest absolute Gasteiger partial charge is 0.240 e. The van der Waals surface area contributed by atoms with Crippen molar-refractivity contribution in [2.75, 3.05) is 26.7 Å². The molecule has 0 bridgehead atoms. The van der Waals surface area contributed by atoms with Gasteiger partial charge in [0.25, 0.3) is 0 Å². The predicted molar refractivity (Wildman–Crippen MR) is 82.4 cm³/mol. The fraction of sp³-hybridized carbons (Fsp3) is 0.529. The summed E-state index contributed by atoms with van der Waals surface area (Å²) in [4.78, 5) is 16.8. The second kappa shape index (κ2) is 7.24. The number of hydrogen-bond donors (Lipinski definition) is 0. The molecule has 1 aromatic carbocycles. The molecule has 4 nitrogen and oxygen atoms in total. The topological polar surface area (TPSA) is 47.3 Å². The minimum atomic E-state index is -0.510. The fourth-order valence-electron chi connectivity index (χ4n) is 2.88. The Kier molecular flexibility index (Phi) is 5.35. The molecule has 1 fully saturated rings. The molecule has 0 radical (unpaired) electrons. The Morgan fingerprint density at radius 2 is 2.10 bits per heavy atom. The Balaban J connectivity index is 2.23. The number of benzene rings is 1. The van der Waals surface area contributed by atoms with Gasteiger partial charge in [-0.15, -0.1) is 0 Å². The van der Waals surface area contributed by atoms with E-state index in [-0.39, 0.29) is 11.9 Å². The Bertz CT molecular complexity index is 509. The zero-order valence-electron chi connectivity index (χ0n) is 12.8. The molecule has 2 unspecified atom stereocenters. The van der Waals surface area contributed by atoms with Crippen molar-refractivity contribution >= 4 is 5.91 Å². The number of rotatable bonds is 4. The van der Waals surface area contributed by atoms with Crippen LogP contribution >= 0.6 is 0 Å². The van der Waals surface area contributed by atoms with Crippen molar-refractivity contribution in [3.63, 3.8) is 0 Å². The summed E-state index contributed by atoms with van der Waals surface area (Å²) in [6.45, 7) is 4.38. The number of amides is 1. The monoisotopic (exact) mass is 285 g/mol. The average Bonchev–Trinajstić information content (AvgIpc) is 2.52. The van der Waals surface area contributed by atoms with Crippen molar-refractivity contribution in [1.29, 1.82) is 5.26 Å².